The number of carbonyl (C=O) groups excluding carboxylic acids is 2. The summed E-state index contributed by atoms with van der Waals surface area (Å²) in [6.07, 6.45) is 8.08. The summed E-state index contributed by atoms with van der Waals surface area (Å²) in [6, 6.07) is 6.47. The van der Waals surface area contributed by atoms with E-state index >= 15 is 0 Å². The summed E-state index contributed by atoms with van der Waals surface area (Å²) in [5, 5.41) is 11.2. The molecule has 2 aliphatic rings. The number of hydrogen-bond donors (Lipinski definition) is 1. The van der Waals surface area contributed by atoms with Gasteiger partial charge in [0.25, 0.3) is 0 Å². The van der Waals surface area contributed by atoms with Gasteiger partial charge in [0.2, 0.25) is 0 Å². The Bertz CT molecular complexity index is 1650. The van der Waals surface area contributed by atoms with E-state index in [2.05, 4.69) is 34.5 Å². The molecule has 1 atom stereocenters. The molecule has 37 heavy (non-hydrogen) atoms. The Morgan fingerprint density at radius 1 is 1.19 bits per heavy atom. The second-order valence-electron chi connectivity index (χ2n) is 9.84. The first-order valence-corrected chi connectivity index (χ1v) is 12.5. The lowest BCUT2D eigenvalue weighted by Gasteiger charge is -2.16. The Kier molecular flexibility index (Phi) is 5.61. The fraction of sp³-hybridized carbons (Fsp3) is 0.321. The van der Waals surface area contributed by atoms with Gasteiger partial charge in [-0.1, -0.05) is 12.5 Å². The third kappa shape index (κ3) is 4.30. The monoisotopic (exact) mass is 493 g/mol. The molecule has 1 aromatic carbocycles. The zero-order chi connectivity index (χ0) is 25.7. The Balaban J connectivity index is 1.40. The third-order valence-corrected chi connectivity index (χ3v) is 7.11. The standard InChI is InChI=1S/C28H27N7O2/c1-3-22(37)16-33-11-10-21(15-33)35-27-23(17(2)36)13-30-28(29)26(27)24(32-35)9-5-18-4-6-19-14-34(20-7-8-20)31-25(19)12-18/h3-4,6,12-14,20-21H,1,7-8,10-11,15-16H2,2H3,(H2,29,30)/t21-/m0/s1. The van der Waals surface area contributed by atoms with Crippen molar-refractivity contribution in [1.29, 1.82) is 0 Å². The Morgan fingerprint density at radius 2 is 2.03 bits per heavy atom. The van der Waals surface area contributed by atoms with E-state index in [1.165, 1.54) is 32.0 Å². The maximum Gasteiger partial charge on any atom is 0.169 e. The van der Waals surface area contributed by atoms with Crippen molar-refractivity contribution in [1.82, 2.24) is 29.4 Å². The van der Waals surface area contributed by atoms with Crippen molar-refractivity contribution in [2.75, 3.05) is 25.4 Å². The molecule has 2 fully saturated rings. The van der Waals surface area contributed by atoms with Crippen molar-refractivity contribution in [2.24, 2.45) is 0 Å². The summed E-state index contributed by atoms with van der Waals surface area (Å²) in [5.74, 6) is 6.54. The van der Waals surface area contributed by atoms with E-state index in [1.54, 1.807) is 0 Å². The maximum absolute atomic E-state index is 12.5. The molecule has 1 saturated heterocycles. The molecular weight excluding hydrogens is 466 g/mol. The minimum Gasteiger partial charge on any atom is -0.383 e. The van der Waals surface area contributed by atoms with Gasteiger partial charge in [-0.15, -0.1) is 0 Å². The number of aromatic nitrogens is 5. The van der Waals surface area contributed by atoms with Crippen molar-refractivity contribution in [2.45, 2.75) is 38.3 Å². The number of hydrogen-bond acceptors (Lipinski definition) is 7. The van der Waals surface area contributed by atoms with Gasteiger partial charge in [0, 0.05) is 36.4 Å². The second kappa shape index (κ2) is 8.98. The normalized spacial score (nSPS) is 17.7. The summed E-state index contributed by atoms with van der Waals surface area (Å²) in [5.41, 5.74) is 9.62. The zero-order valence-corrected chi connectivity index (χ0v) is 20.6. The van der Waals surface area contributed by atoms with Crippen molar-refractivity contribution in [3.63, 3.8) is 0 Å². The first-order chi connectivity index (χ1) is 17.9. The molecule has 1 aliphatic heterocycles. The van der Waals surface area contributed by atoms with E-state index < -0.39 is 0 Å². The van der Waals surface area contributed by atoms with E-state index in [-0.39, 0.29) is 23.4 Å². The number of nitrogen functional groups attached to an aromatic ring is 1. The number of pyridine rings is 1. The highest BCUT2D eigenvalue weighted by Crippen LogP contribution is 2.35. The summed E-state index contributed by atoms with van der Waals surface area (Å²) in [6.45, 7) is 6.76. The van der Waals surface area contributed by atoms with Crippen molar-refractivity contribution in [3.05, 3.63) is 60.1 Å². The van der Waals surface area contributed by atoms with E-state index in [4.69, 9.17) is 15.9 Å². The van der Waals surface area contributed by atoms with Gasteiger partial charge >= 0.3 is 0 Å². The number of anilines is 1. The number of ketones is 2. The van der Waals surface area contributed by atoms with Crippen LogP contribution in [0.2, 0.25) is 0 Å². The molecule has 9 nitrogen and oxygen atoms in total. The van der Waals surface area contributed by atoms with Crippen molar-refractivity contribution >= 4 is 39.2 Å². The Labute approximate surface area is 213 Å². The predicted molar refractivity (Wildman–Crippen MR) is 141 cm³/mol. The number of benzene rings is 1. The topological polar surface area (TPSA) is 112 Å². The fourth-order valence-electron chi connectivity index (χ4n) is 5.02. The average molecular weight is 494 g/mol. The smallest absolute Gasteiger partial charge is 0.169 e. The molecule has 0 spiro atoms. The molecular formula is C28H27N7O2. The lowest BCUT2D eigenvalue weighted by atomic mass is 10.1. The number of Topliss-reactive ketones (excluding diaryl/α,β-unsaturated/α-hetero) is 1. The Hall–Kier alpha value is -4.29. The van der Waals surface area contributed by atoms with E-state index in [9.17, 15) is 9.59 Å². The number of fused-ring (bicyclic) bond motifs is 2. The largest absolute Gasteiger partial charge is 0.383 e. The predicted octanol–water partition coefficient (Wildman–Crippen LogP) is 3.30. The molecule has 186 valence electrons. The van der Waals surface area contributed by atoms with Crippen LogP contribution in [0.15, 0.2) is 43.2 Å². The van der Waals surface area contributed by atoms with Crippen LogP contribution in [0.3, 0.4) is 0 Å². The van der Waals surface area contributed by atoms with E-state index in [0.717, 1.165) is 29.4 Å². The van der Waals surface area contributed by atoms with Gasteiger partial charge in [-0.2, -0.15) is 10.2 Å². The molecule has 9 heteroatoms. The average Bonchev–Trinajstić information content (AvgIpc) is 3.30. The van der Waals surface area contributed by atoms with E-state index in [1.807, 2.05) is 27.6 Å². The minimum absolute atomic E-state index is 0.0191. The van der Waals surface area contributed by atoms with Crippen molar-refractivity contribution < 1.29 is 9.59 Å². The van der Waals surface area contributed by atoms with Crippen LogP contribution in [0.1, 0.15) is 59.9 Å². The number of carbonyl (C=O) groups is 2. The summed E-state index contributed by atoms with van der Waals surface area (Å²) < 4.78 is 3.90. The van der Waals surface area contributed by atoms with Crippen LogP contribution in [0.5, 0.6) is 0 Å². The van der Waals surface area contributed by atoms with Gasteiger partial charge in [0.1, 0.15) is 11.5 Å². The highest BCUT2D eigenvalue weighted by Gasteiger charge is 2.30. The summed E-state index contributed by atoms with van der Waals surface area (Å²) in [4.78, 5) is 30.7. The fourth-order valence-corrected chi connectivity index (χ4v) is 5.02. The number of nitrogens with zero attached hydrogens (tertiary/aromatic N) is 6. The third-order valence-electron chi connectivity index (χ3n) is 7.11. The summed E-state index contributed by atoms with van der Waals surface area (Å²) in [7, 11) is 0. The van der Waals surface area contributed by atoms with Crippen LogP contribution in [-0.4, -0.2) is 60.6 Å². The molecule has 4 aromatic rings. The molecule has 0 amide bonds. The molecule has 6 rings (SSSR count). The molecule has 1 saturated carbocycles. The molecule has 0 bridgehead atoms. The van der Waals surface area contributed by atoms with Gasteiger partial charge in [0.15, 0.2) is 11.6 Å². The number of rotatable bonds is 6. The quantitative estimate of drug-likeness (QED) is 0.249. The van der Waals surface area contributed by atoms with Crippen LogP contribution >= 0.6 is 0 Å². The summed E-state index contributed by atoms with van der Waals surface area (Å²) >= 11 is 0. The van der Waals surface area contributed by atoms with Crippen LogP contribution < -0.4 is 5.73 Å². The van der Waals surface area contributed by atoms with Crippen LogP contribution in [0, 0.1) is 11.8 Å². The van der Waals surface area contributed by atoms with Gasteiger partial charge in [0.05, 0.1) is 40.6 Å². The number of nitrogens with two attached hydrogens (primary N) is 1. The van der Waals surface area contributed by atoms with Crippen LogP contribution in [-0.2, 0) is 4.79 Å². The van der Waals surface area contributed by atoms with Gasteiger partial charge < -0.3 is 5.73 Å². The first-order valence-electron chi connectivity index (χ1n) is 12.5. The van der Waals surface area contributed by atoms with Gasteiger partial charge in [-0.3, -0.25) is 23.9 Å². The molecule has 0 unspecified atom stereocenters. The first kappa shape index (κ1) is 23.1. The van der Waals surface area contributed by atoms with Gasteiger partial charge in [-0.05, 0) is 56.4 Å². The second-order valence-corrected chi connectivity index (χ2v) is 9.84. The lowest BCUT2D eigenvalue weighted by molar-refractivity contribution is -0.115. The van der Waals surface area contributed by atoms with E-state index in [0.29, 0.717) is 41.3 Å². The molecule has 3 aromatic heterocycles. The van der Waals surface area contributed by atoms with Crippen molar-refractivity contribution in [3.8, 4) is 11.8 Å². The maximum atomic E-state index is 12.5. The Morgan fingerprint density at radius 3 is 2.78 bits per heavy atom. The zero-order valence-electron chi connectivity index (χ0n) is 20.6. The molecule has 4 heterocycles. The highest BCUT2D eigenvalue weighted by atomic mass is 16.1. The van der Waals surface area contributed by atoms with Crippen LogP contribution in [0.25, 0.3) is 21.8 Å². The SMILES string of the molecule is C=CC(=O)CN1CC[C@H](n2nc(C#Cc3ccc4cn(C5CC5)nc4c3)c3c(N)ncc(C(C)=O)c32)C1. The van der Waals surface area contributed by atoms with Gasteiger partial charge in [-0.25, -0.2) is 4.98 Å². The molecule has 2 N–H and O–H groups in total. The highest BCUT2D eigenvalue weighted by molar-refractivity contribution is 6.09. The molecule has 0 radical (unpaired) electrons. The van der Waals surface area contributed by atoms with Crippen LogP contribution in [0.4, 0.5) is 5.82 Å². The lowest BCUT2D eigenvalue weighted by Crippen LogP contribution is -2.27. The molecule has 1 aliphatic carbocycles. The minimum atomic E-state index is -0.119. The number of likely N-dealkylation sites (tertiary alicyclic amines) is 1.